The van der Waals surface area contributed by atoms with Gasteiger partial charge in [0.2, 0.25) is 5.91 Å². The van der Waals surface area contributed by atoms with Crippen molar-refractivity contribution in [1.82, 2.24) is 4.90 Å². The molecule has 6 N–H and O–H groups in total. The van der Waals surface area contributed by atoms with Crippen LogP contribution in [0.1, 0.15) is 0 Å². The minimum absolute atomic E-state index is 0.232. The largest absolute Gasteiger partial charge is 0.387 e. The first-order valence-electron chi connectivity index (χ1n) is 8.14. The van der Waals surface area contributed by atoms with Crippen molar-refractivity contribution in [2.75, 3.05) is 31.1 Å². The molecule has 0 spiro atoms. The second-order valence-corrected chi connectivity index (χ2v) is 7.02. The van der Waals surface area contributed by atoms with Crippen molar-refractivity contribution in [3.8, 4) is 0 Å². The highest BCUT2D eigenvalue weighted by molar-refractivity contribution is 6.36. The van der Waals surface area contributed by atoms with Crippen LogP contribution in [-0.2, 0) is 9.59 Å². The molecule has 0 aromatic heterocycles. The Morgan fingerprint density at radius 3 is 2.04 bits per heavy atom. The van der Waals surface area contributed by atoms with Gasteiger partial charge in [0.25, 0.3) is 5.91 Å². The van der Waals surface area contributed by atoms with Crippen molar-refractivity contribution in [3.05, 3.63) is 28.2 Å². The number of anilines is 1. The fourth-order valence-electron chi connectivity index (χ4n) is 2.78. The zero-order valence-corrected chi connectivity index (χ0v) is 15.7. The third kappa shape index (κ3) is 5.01. The number of rotatable bonds is 6. The van der Waals surface area contributed by atoms with Crippen LogP contribution >= 0.6 is 23.2 Å². The molecule has 0 saturated carbocycles. The van der Waals surface area contributed by atoms with Gasteiger partial charge in [0.1, 0.15) is 12.2 Å². The Morgan fingerprint density at radius 2 is 1.52 bits per heavy atom. The average molecular weight is 422 g/mol. The molecule has 1 saturated heterocycles. The molecule has 0 aliphatic carbocycles. The molecule has 1 aromatic rings. The van der Waals surface area contributed by atoms with Crippen LogP contribution in [0.2, 0.25) is 10.0 Å². The van der Waals surface area contributed by atoms with Gasteiger partial charge in [-0.3, -0.25) is 9.59 Å². The van der Waals surface area contributed by atoms with Crippen molar-refractivity contribution in [1.29, 1.82) is 0 Å². The Labute approximate surface area is 165 Å². The third-order valence-corrected chi connectivity index (χ3v) is 4.92. The topological polar surface area (TPSA) is 148 Å². The van der Waals surface area contributed by atoms with E-state index in [1.54, 1.807) is 18.2 Å². The summed E-state index contributed by atoms with van der Waals surface area (Å²) in [5, 5.41) is 39.8. The lowest BCUT2D eigenvalue weighted by Gasteiger charge is -2.38. The quantitative estimate of drug-likeness (QED) is 0.378. The number of aliphatic hydroxyl groups is 4. The van der Waals surface area contributed by atoms with Crippen LogP contribution in [0.4, 0.5) is 5.69 Å². The highest BCUT2D eigenvalue weighted by atomic mass is 35.5. The summed E-state index contributed by atoms with van der Waals surface area (Å²) in [4.78, 5) is 26.4. The number of aliphatic hydroxyl groups excluding tert-OH is 4. The molecule has 4 atom stereocenters. The standard InChI is InChI=1S/C16H21Cl2N3O6/c17-8-1-2-10(9(18)7-8)20-3-5-21(6-4-20)16(27)14(25)12(23)11(22)13(24)15(19)26/h1-2,7,11-14,22-25H,3-6H2,(H2,19,26)/t11-,12+,13+,14-/m1/s1. The second kappa shape index (κ2) is 9.05. The summed E-state index contributed by atoms with van der Waals surface area (Å²) in [6, 6.07) is 5.08. The van der Waals surface area contributed by atoms with Gasteiger partial charge in [-0.05, 0) is 18.2 Å². The Hall–Kier alpha value is -1.62. The van der Waals surface area contributed by atoms with E-state index in [4.69, 9.17) is 28.9 Å². The fourth-order valence-corrected chi connectivity index (χ4v) is 3.31. The predicted molar refractivity (Wildman–Crippen MR) is 98.5 cm³/mol. The summed E-state index contributed by atoms with van der Waals surface area (Å²) in [6.07, 6.45) is -8.27. The molecule has 0 unspecified atom stereocenters. The molecule has 0 radical (unpaired) electrons. The number of carbonyl (C=O) groups is 2. The molecule has 2 rings (SSSR count). The van der Waals surface area contributed by atoms with Crippen LogP contribution in [0.25, 0.3) is 0 Å². The van der Waals surface area contributed by atoms with Gasteiger partial charge in [-0.15, -0.1) is 0 Å². The summed E-state index contributed by atoms with van der Waals surface area (Å²) < 4.78 is 0. The smallest absolute Gasteiger partial charge is 0.254 e. The lowest BCUT2D eigenvalue weighted by molar-refractivity contribution is -0.160. The number of benzene rings is 1. The van der Waals surface area contributed by atoms with Crippen molar-refractivity contribution in [2.45, 2.75) is 24.4 Å². The van der Waals surface area contributed by atoms with E-state index >= 15 is 0 Å². The predicted octanol–water partition coefficient (Wildman–Crippen LogP) is -1.43. The van der Waals surface area contributed by atoms with Gasteiger partial charge in [-0.1, -0.05) is 23.2 Å². The van der Waals surface area contributed by atoms with Crippen LogP contribution in [0.15, 0.2) is 18.2 Å². The molecule has 150 valence electrons. The van der Waals surface area contributed by atoms with Crippen LogP contribution in [-0.4, -0.2) is 87.7 Å². The minimum atomic E-state index is -2.11. The van der Waals surface area contributed by atoms with Crippen molar-refractivity contribution < 1.29 is 30.0 Å². The Balaban J connectivity index is 1.96. The van der Waals surface area contributed by atoms with E-state index < -0.39 is 36.2 Å². The van der Waals surface area contributed by atoms with E-state index in [2.05, 4.69) is 0 Å². The molecule has 1 aromatic carbocycles. The molecule has 0 bridgehead atoms. The Kier molecular flexibility index (Phi) is 7.26. The van der Waals surface area contributed by atoms with Crippen LogP contribution < -0.4 is 10.6 Å². The van der Waals surface area contributed by atoms with Gasteiger partial charge in [-0.2, -0.15) is 0 Å². The van der Waals surface area contributed by atoms with Gasteiger partial charge in [-0.25, -0.2) is 0 Å². The molecular weight excluding hydrogens is 401 g/mol. The summed E-state index contributed by atoms with van der Waals surface area (Å²) in [6.45, 7) is 1.30. The Bertz CT molecular complexity index is 699. The number of amides is 2. The molecule has 9 nitrogen and oxygen atoms in total. The molecule has 11 heteroatoms. The second-order valence-electron chi connectivity index (χ2n) is 6.18. The maximum atomic E-state index is 12.3. The number of carbonyl (C=O) groups excluding carboxylic acids is 2. The highest BCUT2D eigenvalue weighted by Gasteiger charge is 2.38. The van der Waals surface area contributed by atoms with Gasteiger partial charge in [0.05, 0.1) is 10.7 Å². The van der Waals surface area contributed by atoms with Gasteiger partial charge in [0, 0.05) is 31.2 Å². The molecular formula is C16H21Cl2N3O6. The number of nitrogens with two attached hydrogens (primary N) is 1. The molecule has 1 heterocycles. The number of piperazine rings is 1. The fraction of sp³-hybridized carbons (Fsp3) is 0.500. The molecule has 1 fully saturated rings. The molecule has 1 aliphatic heterocycles. The van der Waals surface area contributed by atoms with E-state index in [1.165, 1.54) is 4.90 Å². The van der Waals surface area contributed by atoms with Crippen molar-refractivity contribution in [2.24, 2.45) is 5.73 Å². The molecule has 27 heavy (non-hydrogen) atoms. The number of hydrogen-bond acceptors (Lipinski definition) is 7. The van der Waals surface area contributed by atoms with Gasteiger partial charge >= 0.3 is 0 Å². The van der Waals surface area contributed by atoms with Crippen LogP contribution in [0.3, 0.4) is 0 Å². The van der Waals surface area contributed by atoms with Crippen LogP contribution in [0, 0.1) is 0 Å². The maximum Gasteiger partial charge on any atom is 0.254 e. The zero-order valence-electron chi connectivity index (χ0n) is 14.2. The molecule has 1 aliphatic rings. The average Bonchev–Trinajstić information content (AvgIpc) is 2.65. The lowest BCUT2D eigenvalue weighted by Crippen LogP contribution is -2.57. The van der Waals surface area contributed by atoms with E-state index in [0.717, 1.165) is 5.69 Å². The monoisotopic (exact) mass is 421 g/mol. The van der Waals surface area contributed by atoms with E-state index in [9.17, 15) is 30.0 Å². The third-order valence-electron chi connectivity index (χ3n) is 4.38. The number of hydrogen-bond donors (Lipinski definition) is 5. The summed E-state index contributed by atoms with van der Waals surface area (Å²) >= 11 is 12.1. The minimum Gasteiger partial charge on any atom is -0.387 e. The van der Waals surface area contributed by atoms with Crippen molar-refractivity contribution >= 4 is 40.7 Å². The van der Waals surface area contributed by atoms with E-state index in [-0.39, 0.29) is 13.1 Å². The lowest BCUT2D eigenvalue weighted by atomic mass is 10.0. The summed E-state index contributed by atoms with van der Waals surface area (Å²) in [5.41, 5.74) is 5.58. The summed E-state index contributed by atoms with van der Waals surface area (Å²) in [7, 11) is 0. The SMILES string of the molecule is NC(=O)[C@@H](O)[C@H](O)[C@H](O)[C@@H](O)C(=O)N1CCN(c2ccc(Cl)cc2Cl)CC1. The zero-order chi connectivity index (χ0) is 20.3. The molecule has 2 amide bonds. The first kappa shape index (κ1) is 21.7. The van der Waals surface area contributed by atoms with Crippen LogP contribution in [0.5, 0.6) is 0 Å². The normalized spacial score (nSPS) is 19.3. The summed E-state index contributed by atoms with van der Waals surface area (Å²) in [5.74, 6) is -2.12. The van der Waals surface area contributed by atoms with Gasteiger partial charge in [0.15, 0.2) is 12.2 Å². The number of primary amides is 1. The van der Waals surface area contributed by atoms with E-state index in [1.807, 2.05) is 4.90 Å². The first-order valence-corrected chi connectivity index (χ1v) is 8.89. The maximum absolute atomic E-state index is 12.3. The van der Waals surface area contributed by atoms with Gasteiger partial charge < -0.3 is 36.0 Å². The number of nitrogens with zero attached hydrogens (tertiary/aromatic N) is 2. The van der Waals surface area contributed by atoms with E-state index in [0.29, 0.717) is 23.1 Å². The van der Waals surface area contributed by atoms with Crippen molar-refractivity contribution in [3.63, 3.8) is 0 Å². The number of halogens is 2. The highest BCUT2D eigenvalue weighted by Crippen LogP contribution is 2.29. The first-order chi connectivity index (χ1) is 12.6. The Morgan fingerprint density at radius 1 is 0.963 bits per heavy atom.